The number of benzene rings is 1. The highest BCUT2D eigenvalue weighted by molar-refractivity contribution is 9.10. The Morgan fingerprint density at radius 3 is 2.27 bits per heavy atom. The largest absolute Gasteiger partial charge is 0.493 e. The minimum atomic E-state index is -1.07. The van der Waals surface area contributed by atoms with E-state index in [0.717, 1.165) is 21.2 Å². The Hall–Kier alpha value is -2.02. The Kier molecular flexibility index (Phi) is 4.46. The third kappa shape index (κ3) is 2.45. The van der Waals surface area contributed by atoms with Crippen LogP contribution in [0.2, 0.25) is 0 Å². The van der Waals surface area contributed by atoms with Gasteiger partial charge in [-0.05, 0) is 25.5 Å². The highest BCUT2D eigenvalue weighted by Gasteiger charge is 2.24. The average Bonchev–Trinajstić information content (AvgIpc) is 2.86. The molecule has 0 aliphatic heterocycles. The van der Waals surface area contributed by atoms with E-state index in [9.17, 15) is 4.79 Å². The zero-order valence-electron chi connectivity index (χ0n) is 13.0. The van der Waals surface area contributed by atoms with E-state index in [4.69, 9.17) is 14.6 Å². The summed E-state index contributed by atoms with van der Waals surface area (Å²) in [7, 11) is 4.83. The van der Waals surface area contributed by atoms with Crippen LogP contribution in [0.5, 0.6) is 11.5 Å². The van der Waals surface area contributed by atoms with E-state index in [1.807, 2.05) is 13.8 Å². The molecular formula is C15H17BrN2O4. The maximum absolute atomic E-state index is 11.1. The van der Waals surface area contributed by atoms with Crippen molar-refractivity contribution in [1.29, 1.82) is 0 Å². The summed E-state index contributed by atoms with van der Waals surface area (Å²) in [6.45, 7) is 3.86. The molecule has 1 aromatic heterocycles. The van der Waals surface area contributed by atoms with E-state index in [2.05, 4.69) is 21.0 Å². The molecule has 0 fully saturated rings. The lowest BCUT2D eigenvalue weighted by molar-refractivity contribution is 0.0689. The quantitative estimate of drug-likeness (QED) is 0.896. The molecule has 0 aliphatic rings. The minimum Gasteiger partial charge on any atom is -0.493 e. The zero-order chi connectivity index (χ0) is 16.6. The number of aryl methyl sites for hydroxylation is 1. The van der Waals surface area contributed by atoms with E-state index in [-0.39, 0.29) is 5.69 Å². The van der Waals surface area contributed by atoms with Crippen molar-refractivity contribution < 1.29 is 19.4 Å². The van der Waals surface area contributed by atoms with Crippen molar-refractivity contribution in [2.45, 2.75) is 13.8 Å². The molecule has 0 saturated heterocycles. The lowest BCUT2D eigenvalue weighted by atomic mass is 10.00. The van der Waals surface area contributed by atoms with Crippen LogP contribution in [0.25, 0.3) is 11.3 Å². The van der Waals surface area contributed by atoms with Gasteiger partial charge in [0.05, 0.1) is 19.9 Å². The van der Waals surface area contributed by atoms with Crippen LogP contribution in [0.4, 0.5) is 0 Å². The smallest absolute Gasteiger partial charge is 0.356 e. The molecule has 0 radical (unpaired) electrons. The Morgan fingerprint density at radius 1 is 1.23 bits per heavy atom. The number of ether oxygens (including phenoxy) is 2. The molecule has 0 unspecified atom stereocenters. The van der Waals surface area contributed by atoms with Gasteiger partial charge in [-0.2, -0.15) is 5.10 Å². The Bertz CT molecular complexity index is 753. The summed E-state index contributed by atoms with van der Waals surface area (Å²) in [5, 5.41) is 13.1. The van der Waals surface area contributed by atoms with Gasteiger partial charge in [0, 0.05) is 22.6 Å². The highest BCUT2D eigenvalue weighted by Crippen LogP contribution is 2.46. The molecule has 0 spiro atoms. The number of rotatable bonds is 4. The van der Waals surface area contributed by atoms with Gasteiger partial charge in [0.15, 0.2) is 17.2 Å². The molecule has 0 saturated carbocycles. The van der Waals surface area contributed by atoms with E-state index < -0.39 is 5.97 Å². The summed E-state index contributed by atoms with van der Waals surface area (Å²) in [6.07, 6.45) is 0. The molecule has 6 nitrogen and oxygen atoms in total. The van der Waals surface area contributed by atoms with Crippen molar-refractivity contribution in [3.05, 3.63) is 27.4 Å². The second-order valence-electron chi connectivity index (χ2n) is 4.85. The summed E-state index contributed by atoms with van der Waals surface area (Å²) >= 11 is 3.56. The van der Waals surface area contributed by atoms with Gasteiger partial charge in [-0.1, -0.05) is 15.9 Å². The fourth-order valence-electron chi connectivity index (χ4n) is 2.50. The second kappa shape index (κ2) is 6.00. The first-order valence-corrected chi connectivity index (χ1v) is 7.31. The fourth-order valence-corrected chi connectivity index (χ4v) is 2.88. The summed E-state index contributed by atoms with van der Waals surface area (Å²) in [4.78, 5) is 11.1. The molecule has 0 aliphatic carbocycles. The van der Waals surface area contributed by atoms with Crippen LogP contribution < -0.4 is 9.47 Å². The van der Waals surface area contributed by atoms with Crippen LogP contribution in [0.1, 0.15) is 21.6 Å². The lowest BCUT2D eigenvalue weighted by Gasteiger charge is -2.19. The van der Waals surface area contributed by atoms with Crippen LogP contribution in [-0.2, 0) is 7.05 Å². The Morgan fingerprint density at radius 2 is 1.82 bits per heavy atom. The summed E-state index contributed by atoms with van der Waals surface area (Å²) in [6, 6.07) is 1.52. The number of halogens is 1. The minimum absolute atomic E-state index is 0.0189. The van der Waals surface area contributed by atoms with Gasteiger partial charge < -0.3 is 14.6 Å². The van der Waals surface area contributed by atoms with Gasteiger partial charge >= 0.3 is 5.97 Å². The van der Waals surface area contributed by atoms with E-state index in [1.165, 1.54) is 10.7 Å². The molecule has 0 amide bonds. The van der Waals surface area contributed by atoms with Crippen molar-refractivity contribution in [3.8, 4) is 22.8 Å². The van der Waals surface area contributed by atoms with E-state index in [1.54, 1.807) is 21.3 Å². The number of methoxy groups -OCH3 is 2. The third-order valence-corrected chi connectivity index (χ3v) is 4.76. The van der Waals surface area contributed by atoms with Crippen molar-refractivity contribution in [1.82, 2.24) is 9.78 Å². The number of nitrogens with zero attached hydrogens (tertiary/aromatic N) is 2. The maximum atomic E-state index is 11.1. The van der Waals surface area contributed by atoms with Crippen molar-refractivity contribution >= 4 is 21.9 Å². The van der Waals surface area contributed by atoms with Crippen LogP contribution in [-0.4, -0.2) is 35.1 Å². The van der Waals surface area contributed by atoms with Crippen LogP contribution in [0.3, 0.4) is 0 Å². The standard InChI is InChI=1S/C15H17BrN2O4/c1-7-11(10-6-9(15(19)20)17-18(10)3)14(22-5)13(21-4)8(2)12(7)16/h6H,1-5H3,(H,19,20). The number of aromatic nitrogens is 2. The predicted molar refractivity (Wildman–Crippen MR) is 85.9 cm³/mol. The number of hydrogen-bond acceptors (Lipinski definition) is 4. The molecule has 118 valence electrons. The molecule has 7 heteroatoms. The molecule has 1 heterocycles. The molecule has 0 bridgehead atoms. The van der Waals surface area contributed by atoms with Gasteiger partial charge in [-0.15, -0.1) is 0 Å². The SMILES string of the molecule is COc1c(C)c(Br)c(C)c(-c2cc(C(=O)O)nn2C)c1OC. The second-order valence-corrected chi connectivity index (χ2v) is 5.64. The third-order valence-electron chi connectivity index (χ3n) is 3.57. The van der Waals surface area contributed by atoms with Crippen molar-refractivity contribution in [2.75, 3.05) is 14.2 Å². The summed E-state index contributed by atoms with van der Waals surface area (Å²) < 4.78 is 13.4. The molecule has 2 rings (SSSR count). The predicted octanol–water partition coefficient (Wildman–Crippen LogP) is 3.18. The zero-order valence-corrected chi connectivity index (χ0v) is 14.6. The monoisotopic (exact) mass is 368 g/mol. The fraction of sp³-hybridized carbons (Fsp3) is 0.333. The number of aromatic carboxylic acids is 1. The van der Waals surface area contributed by atoms with Gasteiger partial charge in [0.2, 0.25) is 0 Å². The number of carboxylic acids is 1. The van der Waals surface area contributed by atoms with Crippen molar-refractivity contribution in [2.24, 2.45) is 7.05 Å². The topological polar surface area (TPSA) is 73.6 Å². The Labute approximate surface area is 136 Å². The highest BCUT2D eigenvalue weighted by atomic mass is 79.9. The number of carboxylic acid groups (broad SMARTS) is 1. The molecule has 1 aromatic carbocycles. The van der Waals surface area contributed by atoms with E-state index in [0.29, 0.717) is 17.2 Å². The molecule has 1 N–H and O–H groups in total. The van der Waals surface area contributed by atoms with Crippen molar-refractivity contribution in [3.63, 3.8) is 0 Å². The number of carbonyl (C=O) groups is 1. The summed E-state index contributed by atoms with van der Waals surface area (Å²) in [5.41, 5.74) is 3.22. The number of hydrogen-bond donors (Lipinski definition) is 1. The first kappa shape index (κ1) is 16.4. The van der Waals surface area contributed by atoms with Crippen LogP contribution >= 0.6 is 15.9 Å². The first-order valence-electron chi connectivity index (χ1n) is 6.51. The molecule has 22 heavy (non-hydrogen) atoms. The molecule has 0 atom stereocenters. The molecular weight excluding hydrogens is 352 g/mol. The molecule has 2 aromatic rings. The van der Waals surface area contributed by atoms with Crippen LogP contribution in [0, 0.1) is 13.8 Å². The average molecular weight is 369 g/mol. The van der Waals surface area contributed by atoms with E-state index >= 15 is 0 Å². The van der Waals surface area contributed by atoms with Gasteiger partial charge in [-0.3, -0.25) is 4.68 Å². The first-order chi connectivity index (χ1) is 10.3. The normalized spacial score (nSPS) is 10.6. The van der Waals surface area contributed by atoms with Gasteiger partial charge in [0.25, 0.3) is 0 Å². The Balaban J connectivity index is 2.85. The van der Waals surface area contributed by atoms with Gasteiger partial charge in [-0.25, -0.2) is 4.79 Å². The maximum Gasteiger partial charge on any atom is 0.356 e. The van der Waals surface area contributed by atoms with Gasteiger partial charge in [0.1, 0.15) is 0 Å². The lowest BCUT2D eigenvalue weighted by Crippen LogP contribution is -2.03. The van der Waals surface area contributed by atoms with Crippen LogP contribution in [0.15, 0.2) is 10.5 Å². The summed E-state index contributed by atoms with van der Waals surface area (Å²) in [5.74, 6) is 0.0882.